The van der Waals surface area contributed by atoms with Gasteiger partial charge in [-0.2, -0.15) is 0 Å². The van der Waals surface area contributed by atoms with Gasteiger partial charge in [0.2, 0.25) is 0 Å². The molecular formula is C17H27ClN2O. The summed E-state index contributed by atoms with van der Waals surface area (Å²) in [6.45, 7) is 2.07. The lowest BCUT2D eigenvalue weighted by atomic mass is 10.0. The fraction of sp³-hybridized carbons (Fsp3) is 0.647. The van der Waals surface area contributed by atoms with Gasteiger partial charge in [0.15, 0.2) is 0 Å². The van der Waals surface area contributed by atoms with Crippen LogP contribution in [0.25, 0.3) is 0 Å². The highest BCUT2D eigenvalue weighted by Crippen LogP contribution is 2.25. The summed E-state index contributed by atoms with van der Waals surface area (Å²) in [5.74, 6) is 0. The molecule has 1 saturated carbocycles. The standard InChI is InChI=1S/C17H27ClN2O/c1-19-17(14-6-8-15(18)9-7-14)10-11-20(12-13-21)16-4-2-3-5-16/h6-9,16-17,19,21H,2-5,10-13H2,1H3. The summed E-state index contributed by atoms with van der Waals surface area (Å²) < 4.78 is 0. The van der Waals surface area contributed by atoms with E-state index < -0.39 is 0 Å². The first-order chi connectivity index (χ1) is 10.2. The van der Waals surface area contributed by atoms with Gasteiger partial charge in [0, 0.05) is 30.2 Å². The van der Waals surface area contributed by atoms with E-state index in [1.54, 1.807) is 0 Å². The molecule has 1 aliphatic rings. The van der Waals surface area contributed by atoms with Crippen molar-refractivity contribution >= 4 is 11.6 Å². The van der Waals surface area contributed by atoms with Crippen LogP contribution in [0.5, 0.6) is 0 Å². The van der Waals surface area contributed by atoms with Gasteiger partial charge in [0.05, 0.1) is 6.61 Å². The Balaban J connectivity index is 1.92. The predicted molar refractivity (Wildman–Crippen MR) is 88.8 cm³/mol. The summed E-state index contributed by atoms with van der Waals surface area (Å²) in [7, 11) is 2.01. The highest BCUT2D eigenvalue weighted by Gasteiger charge is 2.22. The van der Waals surface area contributed by atoms with Crippen molar-refractivity contribution in [3.63, 3.8) is 0 Å². The van der Waals surface area contributed by atoms with Gasteiger partial charge >= 0.3 is 0 Å². The van der Waals surface area contributed by atoms with Crippen molar-refractivity contribution in [1.82, 2.24) is 10.2 Å². The zero-order valence-electron chi connectivity index (χ0n) is 12.9. The average Bonchev–Trinajstić information content (AvgIpc) is 3.02. The maximum Gasteiger partial charge on any atom is 0.0558 e. The Kier molecular flexibility index (Phi) is 6.97. The number of benzene rings is 1. The number of nitrogens with zero attached hydrogens (tertiary/aromatic N) is 1. The molecular weight excluding hydrogens is 284 g/mol. The van der Waals surface area contributed by atoms with Gasteiger partial charge in [-0.1, -0.05) is 36.6 Å². The molecule has 0 amide bonds. The van der Waals surface area contributed by atoms with E-state index in [0.29, 0.717) is 12.1 Å². The van der Waals surface area contributed by atoms with Crippen molar-refractivity contribution in [2.24, 2.45) is 0 Å². The van der Waals surface area contributed by atoms with Gasteiger partial charge < -0.3 is 10.4 Å². The molecule has 2 N–H and O–H groups in total. The smallest absolute Gasteiger partial charge is 0.0558 e. The molecule has 4 heteroatoms. The Morgan fingerprint density at radius 2 is 1.90 bits per heavy atom. The molecule has 0 aromatic heterocycles. The van der Waals surface area contributed by atoms with E-state index in [9.17, 15) is 5.11 Å². The van der Waals surface area contributed by atoms with Crippen molar-refractivity contribution in [2.45, 2.75) is 44.2 Å². The Bertz CT molecular complexity index is 404. The minimum absolute atomic E-state index is 0.252. The van der Waals surface area contributed by atoms with Crippen LogP contribution in [0.2, 0.25) is 5.02 Å². The largest absolute Gasteiger partial charge is 0.395 e. The number of hydrogen-bond acceptors (Lipinski definition) is 3. The lowest BCUT2D eigenvalue weighted by Gasteiger charge is -2.30. The molecule has 0 aliphatic heterocycles. The molecule has 0 heterocycles. The molecule has 1 aliphatic carbocycles. The summed E-state index contributed by atoms with van der Waals surface area (Å²) in [6.07, 6.45) is 6.28. The van der Waals surface area contributed by atoms with Crippen molar-refractivity contribution in [1.29, 1.82) is 0 Å². The van der Waals surface area contributed by atoms with Crippen LogP contribution in [-0.4, -0.2) is 42.8 Å². The summed E-state index contributed by atoms with van der Waals surface area (Å²) >= 11 is 5.96. The van der Waals surface area contributed by atoms with Gasteiger partial charge in [-0.25, -0.2) is 0 Å². The normalized spacial score (nSPS) is 17.5. The van der Waals surface area contributed by atoms with Crippen LogP contribution in [0.3, 0.4) is 0 Å². The third-order valence-corrected chi connectivity index (χ3v) is 4.81. The lowest BCUT2D eigenvalue weighted by Crippen LogP contribution is -2.37. The van der Waals surface area contributed by atoms with Crippen molar-refractivity contribution in [3.8, 4) is 0 Å². The van der Waals surface area contributed by atoms with E-state index in [1.165, 1.54) is 31.2 Å². The fourth-order valence-electron chi connectivity index (χ4n) is 3.34. The number of rotatable bonds is 8. The zero-order chi connectivity index (χ0) is 15.1. The van der Waals surface area contributed by atoms with Crippen LogP contribution < -0.4 is 5.32 Å². The number of aliphatic hydroxyl groups excluding tert-OH is 1. The molecule has 1 aromatic carbocycles. The molecule has 1 unspecified atom stereocenters. The van der Waals surface area contributed by atoms with Gasteiger partial charge in [-0.3, -0.25) is 4.90 Å². The monoisotopic (exact) mass is 310 g/mol. The molecule has 0 radical (unpaired) electrons. The Hall–Kier alpha value is -0.610. The number of aliphatic hydroxyl groups is 1. The van der Waals surface area contributed by atoms with E-state index in [-0.39, 0.29) is 6.61 Å². The average molecular weight is 311 g/mol. The van der Waals surface area contributed by atoms with Gasteiger partial charge in [0.1, 0.15) is 0 Å². The van der Waals surface area contributed by atoms with Crippen molar-refractivity contribution in [2.75, 3.05) is 26.7 Å². The maximum absolute atomic E-state index is 9.30. The molecule has 3 nitrogen and oxygen atoms in total. The molecule has 118 valence electrons. The first-order valence-electron chi connectivity index (χ1n) is 8.02. The van der Waals surface area contributed by atoms with Gasteiger partial charge in [-0.05, 0) is 44.0 Å². The Morgan fingerprint density at radius 1 is 1.24 bits per heavy atom. The molecule has 0 spiro atoms. The summed E-state index contributed by atoms with van der Waals surface area (Å²) in [5, 5.41) is 13.5. The second-order valence-electron chi connectivity index (χ2n) is 5.88. The fourth-order valence-corrected chi connectivity index (χ4v) is 3.47. The van der Waals surface area contributed by atoms with Crippen LogP contribution in [-0.2, 0) is 0 Å². The van der Waals surface area contributed by atoms with E-state index in [0.717, 1.165) is 24.5 Å². The highest BCUT2D eigenvalue weighted by molar-refractivity contribution is 6.30. The summed E-state index contributed by atoms with van der Waals surface area (Å²) in [5.41, 5.74) is 1.28. The van der Waals surface area contributed by atoms with Crippen LogP contribution >= 0.6 is 11.6 Å². The van der Waals surface area contributed by atoms with Crippen LogP contribution in [0.15, 0.2) is 24.3 Å². The SMILES string of the molecule is CNC(CCN(CCO)C1CCCC1)c1ccc(Cl)cc1. The van der Waals surface area contributed by atoms with E-state index in [1.807, 2.05) is 19.2 Å². The van der Waals surface area contributed by atoms with Gasteiger partial charge in [-0.15, -0.1) is 0 Å². The van der Waals surface area contributed by atoms with Gasteiger partial charge in [0.25, 0.3) is 0 Å². The lowest BCUT2D eigenvalue weighted by molar-refractivity contribution is 0.146. The highest BCUT2D eigenvalue weighted by atomic mass is 35.5. The zero-order valence-corrected chi connectivity index (χ0v) is 13.6. The first kappa shape index (κ1) is 16.8. The first-order valence-corrected chi connectivity index (χ1v) is 8.40. The Labute approximate surface area is 133 Å². The van der Waals surface area contributed by atoms with Crippen molar-refractivity contribution < 1.29 is 5.11 Å². The minimum Gasteiger partial charge on any atom is -0.395 e. The molecule has 0 saturated heterocycles. The molecule has 0 bridgehead atoms. The maximum atomic E-state index is 9.30. The van der Waals surface area contributed by atoms with Crippen LogP contribution in [0, 0.1) is 0 Å². The molecule has 1 fully saturated rings. The molecule has 1 aromatic rings. The van der Waals surface area contributed by atoms with E-state index in [2.05, 4.69) is 22.3 Å². The molecule has 2 rings (SSSR count). The van der Waals surface area contributed by atoms with Crippen LogP contribution in [0.1, 0.15) is 43.7 Å². The summed E-state index contributed by atoms with van der Waals surface area (Å²) in [6, 6.07) is 9.09. The van der Waals surface area contributed by atoms with Crippen molar-refractivity contribution in [3.05, 3.63) is 34.9 Å². The third kappa shape index (κ3) is 4.96. The number of nitrogens with one attached hydrogen (secondary N) is 1. The molecule has 21 heavy (non-hydrogen) atoms. The Morgan fingerprint density at radius 3 is 2.48 bits per heavy atom. The van der Waals surface area contributed by atoms with E-state index >= 15 is 0 Å². The molecule has 1 atom stereocenters. The quantitative estimate of drug-likeness (QED) is 0.774. The van der Waals surface area contributed by atoms with E-state index in [4.69, 9.17) is 11.6 Å². The second kappa shape index (κ2) is 8.74. The van der Waals surface area contributed by atoms with Crippen LogP contribution in [0.4, 0.5) is 0 Å². The summed E-state index contributed by atoms with van der Waals surface area (Å²) in [4.78, 5) is 2.47. The minimum atomic E-state index is 0.252. The number of hydrogen-bond donors (Lipinski definition) is 2. The topological polar surface area (TPSA) is 35.5 Å². The third-order valence-electron chi connectivity index (χ3n) is 4.55. The predicted octanol–water partition coefficient (Wildman–Crippen LogP) is 3.23. The number of halogens is 1. The second-order valence-corrected chi connectivity index (χ2v) is 6.32.